The van der Waals surface area contributed by atoms with Crippen LogP contribution in [0.5, 0.6) is 5.75 Å². The molecule has 2 aliphatic rings. The van der Waals surface area contributed by atoms with E-state index in [0.717, 1.165) is 48.9 Å². The van der Waals surface area contributed by atoms with Gasteiger partial charge in [0.25, 0.3) is 5.91 Å². The van der Waals surface area contributed by atoms with Crippen LogP contribution in [0.1, 0.15) is 53.1 Å². The molecule has 1 saturated heterocycles. The molecule has 2 fully saturated rings. The Kier molecular flexibility index (Phi) is 6.39. The first kappa shape index (κ1) is 20.9. The lowest BCUT2D eigenvalue weighted by Gasteiger charge is -2.27. The SMILES string of the molecule is Cc1noc(C)c1COc1ccc(C(=O)N[C@H]2CN(CC3CC3)CCC[C@H]2O)cc1. The molecule has 1 aromatic heterocycles. The van der Waals surface area contributed by atoms with Crippen molar-refractivity contribution in [1.29, 1.82) is 0 Å². The normalized spacial score (nSPS) is 22.5. The number of aliphatic hydroxyl groups excluding tert-OH is 1. The third-order valence-corrected chi connectivity index (χ3v) is 6.10. The Morgan fingerprint density at radius 1 is 1.27 bits per heavy atom. The summed E-state index contributed by atoms with van der Waals surface area (Å²) in [4.78, 5) is 15.1. The first-order valence-corrected chi connectivity index (χ1v) is 10.9. The monoisotopic (exact) mass is 413 g/mol. The van der Waals surface area contributed by atoms with Crippen LogP contribution in [0.15, 0.2) is 28.8 Å². The molecule has 4 rings (SSSR count). The van der Waals surface area contributed by atoms with Gasteiger partial charge in [-0.25, -0.2) is 0 Å². The molecule has 0 spiro atoms. The summed E-state index contributed by atoms with van der Waals surface area (Å²) in [6, 6.07) is 6.84. The van der Waals surface area contributed by atoms with Crippen molar-refractivity contribution < 1.29 is 19.2 Å². The number of aliphatic hydroxyl groups is 1. The summed E-state index contributed by atoms with van der Waals surface area (Å²) in [6.45, 7) is 6.91. The molecule has 1 aliphatic heterocycles. The van der Waals surface area contributed by atoms with E-state index >= 15 is 0 Å². The van der Waals surface area contributed by atoms with E-state index in [9.17, 15) is 9.90 Å². The van der Waals surface area contributed by atoms with Gasteiger partial charge in [-0.3, -0.25) is 4.79 Å². The summed E-state index contributed by atoms with van der Waals surface area (Å²) in [5.41, 5.74) is 2.32. The van der Waals surface area contributed by atoms with Gasteiger partial charge >= 0.3 is 0 Å². The highest BCUT2D eigenvalue weighted by molar-refractivity contribution is 5.94. The van der Waals surface area contributed by atoms with E-state index in [1.807, 2.05) is 13.8 Å². The number of nitrogens with one attached hydrogen (secondary N) is 1. The summed E-state index contributed by atoms with van der Waals surface area (Å²) in [5, 5.41) is 17.5. The van der Waals surface area contributed by atoms with E-state index < -0.39 is 6.10 Å². The number of ether oxygens (including phenoxy) is 1. The van der Waals surface area contributed by atoms with Gasteiger partial charge in [0, 0.05) is 18.7 Å². The Bertz CT molecular complexity index is 840. The van der Waals surface area contributed by atoms with Crippen molar-refractivity contribution in [2.24, 2.45) is 5.92 Å². The number of nitrogens with zero attached hydrogens (tertiary/aromatic N) is 2. The Morgan fingerprint density at radius 3 is 2.70 bits per heavy atom. The van der Waals surface area contributed by atoms with Crippen molar-refractivity contribution >= 4 is 5.91 Å². The average molecular weight is 414 g/mol. The molecule has 0 bridgehead atoms. The predicted molar refractivity (Wildman–Crippen MR) is 112 cm³/mol. The van der Waals surface area contributed by atoms with Gasteiger partial charge in [0.05, 0.1) is 23.4 Å². The zero-order valence-corrected chi connectivity index (χ0v) is 17.8. The summed E-state index contributed by atoms with van der Waals surface area (Å²) in [6.07, 6.45) is 3.80. The molecule has 7 nitrogen and oxygen atoms in total. The first-order valence-electron chi connectivity index (χ1n) is 10.9. The van der Waals surface area contributed by atoms with Crippen LogP contribution in [0.2, 0.25) is 0 Å². The van der Waals surface area contributed by atoms with Crippen molar-refractivity contribution in [2.45, 2.75) is 58.3 Å². The van der Waals surface area contributed by atoms with Crippen LogP contribution in [0.25, 0.3) is 0 Å². The number of aryl methyl sites for hydroxylation is 2. The van der Waals surface area contributed by atoms with E-state index in [-0.39, 0.29) is 11.9 Å². The smallest absolute Gasteiger partial charge is 0.251 e. The van der Waals surface area contributed by atoms with Crippen molar-refractivity contribution in [3.05, 3.63) is 46.8 Å². The van der Waals surface area contributed by atoms with E-state index in [0.29, 0.717) is 24.5 Å². The zero-order valence-electron chi connectivity index (χ0n) is 17.8. The maximum Gasteiger partial charge on any atom is 0.251 e. The van der Waals surface area contributed by atoms with Crippen LogP contribution in [-0.4, -0.2) is 52.9 Å². The fraction of sp³-hybridized carbons (Fsp3) is 0.565. The summed E-state index contributed by atoms with van der Waals surface area (Å²) < 4.78 is 11.0. The number of carbonyl (C=O) groups excluding carboxylic acids is 1. The standard InChI is InChI=1S/C23H31N3O4/c1-15-20(16(2)30-25-15)14-29-19-9-7-18(8-10-19)23(28)24-21-13-26(12-17-5-6-17)11-3-4-22(21)27/h7-10,17,21-22,27H,3-6,11-14H2,1-2H3,(H,24,28)/t21-,22+/m0/s1. The molecule has 30 heavy (non-hydrogen) atoms. The number of benzene rings is 1. The van der Waals surface area contributed by atoms with E-state index in [4.69, 9.17) is 9.26 Å². The Morgan fingerprint density at radius 2 is 2.03 bits per heavy atom. The van der Waals surface area contributed by atoms with Crippen LogP contribution in [0.4, 0.5) is 0 Å². The first-order chi connectivity index (χ1) is 14.5. The maximum absolute atomic E-state index is 12.8. The number of aromatic nitrogens is 1. The highest BCUT2D eigenvalue weighted by Crippen LogP contribution is 2.30. The summed E-state index contributed by atoms with van der Waals surface area (Å²) in [7, 11) is 0. The van der Waals surface area contributed by atoms with Gasteiger partial charge in [-0.15, -0.1) is 0 Å². The second-order valence-electron chi connectivity index (χ2n) is 8.61. The van der Waals surface area contributed by atoms with E-state index in [1.54, 1.807) is 24.3 Å². The molecule has 1 aliphatic carbocycles. The lowest BCUT2D eigenvalue weighted by molar-refractivity contribution is 0.0799. The van der Waals surface area contributed by atoms with Crippen molar-refractivity contribution in [1.82, 2.24) is 15.4 Å². The minimum Gasteiger partial charge on any atom is -0.489 e. The van der Waals surface area contributed by atoms with Crippen LogP contribution in [0, 0.1) is 19.8 Å². The van der Waals surface area contributed by atoms with Gasteiger partial charge in [0.15, 0.2) is 0 Å². The number of carbonyl (C=O) groups is 1. The molecule has 2 atom stereocenters. The molecular weight excluding hydrogens is 382 g/mol. The zero-order chi connectivity index (χ0) is 21.1. The Hall–Kier alpha value is -2.38. The molecule has 7 heteroatoms. The highest BCUT2D eigenvalue weighted by atomic mass is 16.5. The number of hydrogen-bond acceptors (Lipinski definition) is 6. The third kappa shape index (κ3) is 5.21. The molecular formula is C23H31N3O4. The highest BCUT2D eigenvalue weighted by Gasteiger charge is 2.30. The van der Waals surface area contributed by atoms with Gasteiger partial charge in [-0.2, -0.15) is 0 Å². The van der Waals surface area contributed by atoms with Gasteiger partial charge in [-0.05, 0) is 76.3 Å². The molecule has 0 unspecified atom stereocenters. The Balaban J connectivity index is 1.33. The van der Waals surface area contributed by atoms with Gasteiger partial charge in [0.1, 0.15) is 18.1 Å². The van der Waals surface area contributed by atoms with Crippen molar-refractivity contribution in [2.75, 3.05) is 19.6 Å². The molecule has 0 radical (unpaired) electrons. The van der Waals surface area contributed by atoms with Crippen LogP contribution in [-0.2, 0) is 6.61 Å². The lowest BCUT2D eigenvalue weighted by Crippen LogP contribution is -2.49. The largest absolute Gasteiger partial charge is 0.489 e. The van der Waals surface area contributed by atoms with Gasteiger partial charge in [0.2, 0.25) is 0 Å². The maximum atomic E-state index is 12.8. The lowest BCUT2D eigenvalue weighted by atomic mass is 10.1. The fourth-order valence-electron chi connectivity index (χ4n) is 4.01. The second kappa shape index (κ2) is 9.18. The van der Waals surface area contributed by atoms with Crippen LogP contribution < -0.4 is 10.1 Å². The van der Waals surface area contributed by atoms with Crippen molar-refractivity contribution in [3.8, 4) is 5.75 Å². The number of amides is 1. The number of likely N-dealkylation sites (tertiary alicyclic amines) is 1. The topological polar surface area (TPSA) is 87.8 Å². The van der Waals surface area contributed by atoms with E-state index in [1.165, 1.54) is 12.8 Å². The molecule has 1 aromatic carbocycles. The molecule has 1 amide bonds. The quantitative estimate of drug-likeness (QED) is 0.726. The van der Waals surface area contributed by atoms with Crippen LogP contribution >= 0.6 is 0 Å². The Labute approximate surface area is 177 Å². The van der Waals surface area contributed by atoms with Gasteiger partial charge < -0.3 is 24.6 Å². The fourth-order valence-corrected chi connectivity index (χ4v) is 4.01. The molecule has 162 valence electrons. The molecule has 1 saturated carbocycles. The second-order valence-corrected chi connectivity index (χ2v) is 8.61. The van der Waals surface area contributed by atoms with Crippen LogP contribution in [0.3, 0.4) is 0 Å². The minimum atomic E-state index is -0.504. The number of rotatable bonds is 7. The molecule has 2 aromatic rings. The van der Waals surface area contributed by atoms with Crippen molar-refractivity contribution in [3.63, 3.8) is 0 Å². The number of hydrogen-bond donors (Lipinski definition) is 2. The molecule has 2 N–H and O–H groups in total. The summed E-state index contributed by atoms with van der Waals surface area (Å²) in [5.74, 6) is 2.07. The molecule has 2 heterocycles. The average Bonchev–Trinajstić information content (AvgIpc) is 3.51. The predicted octanol–water partition coefficient (Wildman–Crippen LogP) is 2.84. The van der Waals surface area contributed by atoms with E-state index in [2.05, 4.69) is 15.4 Å². The third-order valence-electron chi connectivity index (χ3n) is 6.10. The summed E-state index contributed by atoms with van der Waals surface area (Å²) >= 11 is 0. The van der Waals surface area contributed by atoms with Gasteiger partial charge in [-0.1, -0.05) is 5.16 Å². The minimum absolute atomic E-state index is 0.162.